The van der Waals surface area contributed by atoms with E-state index in [1.807, 2.05) is 48.9 Å². The molecule has 0 bridgehead atoms. The molecule has 6 nitrogen and oxygen atoms in total. The average molecular weight is 341 g/mol. The molecule has 0 unspecified atom stereocenters. The number of nitrogens with zero attached hydrogens (tertiary/aromatic N) is 3. The Morgan fingerprint density at radius 2 is 1.80 bits per heavy atom. The quantitative estimate of drug-likeness (QED) is 0.927. The number of carbonyl (C=O) groups is 2. The zero-order valence-corrected chi connectivity index (χ0v) is 14.6. The van der Waals surface area contributed by atoms with Crippen LogP contribution >= 0.6 is 0 Å². The molecule has 0 spiro atoms. The Labute approximate surface area is 147 Å². The standard InChI is InChI=1S/C19H23N3O3/c1-13-11-14(2)22(20-13)12-15-3-5-16(6-4-15)18(23)21-9-7-17(8-10-21)19(24)25/h3-6,11,17H,7-10,12H2,1-2H3,(H,24,25). The fraction of sp³-hybridized carbons (Fsp3) is 0.421. The van der Waals surface area contributed by atoms with E-state index in [0.29, 0.717) is 38.0 Å². The molecule has 1 N–H and O–H groups in total. The van der Waals surface area contributed by atoms with E-state index in [1.54, 1.807) is 4.90 Å². The summed E-state index contributed by atoms with van der Waals surface area (Å²) in [5.41, 5.74) is 3.84. The van der Waals surface area contributed by atoms with E-state index in [0.717, 1.165) is 17.0 Å². The molecule has 1 aliphatic heterocycles. The molecule has 1 fully saturated rings. The van der Waals surface area contributed by atoms with Crippen molar-refractivity contribution >= 4 is 11.9 Å². The Morgan fingerprint density at radius 3 is 2.32 bits per heavy atom. The molecule has 132 valence electrons. The van der Waals surface area contributed by atoms with Gasteiger partial charge in [-0.1, -0.05) is 12.1 Å². The number of rotatable bonds is 4. The van der Waals surface area contributed by atoms with Crippen LogP contribution < -0.4 is 0 Å². The number of aromatic nitrogens is 2. The van der Waals surface area contributed by atoms with Crippen LogP contribution in [-0.2, 0) is 11.3 Å². The summed E-state index contributed by atoms with van der Waals surface area (Å²) >= 11 is 0. The molecule has 1 saturated heterocycles. The summed E-state index contributed by atoms with van der Waals surface area (Å²) < 4.78 is 1.95. The van der Waals surface area contributed by atoms with Gasteiger partial charge in [0.05, 0.1) is 18.2 Å². The van der Waals surface area contributed by atoms with Crippen LogP contribution in [0.5, 0.6) is 0 Å². The molecule has 0 saturated carbocycles. The number of carboxylic acid groups (broad SMARTS) is 1. The molecule has 0 aliphatic carbocycles. The molecule has 1 aliphatic rings. The maximum Gasteiger partial charge on any atom is 0.306 e. The Morgan fingerprint density at radius 1 is 1.16 bits per heavy atom. The summed E-state index contributed by atoms with van der Waals surface area (Å²) in [7, 11) is 0. The zero-order chi connectivity index (χ0) is 18.0. The summed E-state index contributed by atoms with van der Waals surface area (Å²) in [4.78, 5) is 25.3. The Balaban J connectivity index is 1.63. The molecule has 2 aromatic rings. The molecule has 1 aromatic carbocycles. The van der Waals surface area contributed by atoms with Crippen molar-refractivity contribution in [2.24, 2.45) is 5.92 Å². The molecule has 2 heterocycles. The third-order valence-corrected chi connectivity index (χ3v) is 4.77. The molecule has 0 radical (unpaired) electrons. The van der Waals surface area contributed by atoms with Gasteiger partial charge in [-0.05, 0) is 50.5 Å². The van der Waals surface area contributed by atoms with E-state index in [-0.39, 0.29) is 11.8 Å². The number of piperidine rings is 1. The summed E-state index contributed by atoms with van der Waals surface area (Å²) in [5.74, 6) is -1.12. The van der Waals surface area contributed by atoms with Crippen LogP contribution in [0, 0.1) is 19.8 Å². The van der Waals surface area contributed by atoms with Crippen LogP contribution in [0.3, 0.4) is 0 Å². The smallest absolute Gasteiger partial charge is 0.306 e. The van der Waals surface area contributed by atoms with Crippen molar-refractivity contribution in [3.63, 3.8) is 0 Å². The lowest BCUT2D eigenvalue weighted by atomic mass is 9.96. The topological polar surface area (TPSA) is 75.4 Å². The van der Waals surface area contributed by atoms with Gasteiger partial charge in [0.1, 0.15) is 0 Å². The van der Waals surface area contributed by atoms with Gasteiger partial charge >= 0.3 is 5.97 Å². The first-order chi connectivity index (χ1) is 11.9. The second-order valence-corrected chi connectivity index (χ2v) is 6.69. The molecule has 6 heteroatoms. The minimum atomic E-state index is -0.763. The van der Waals surface area contributed by atoms with Gasteiger partial charge in [0.25, 0.3) is 5.91 Å². The van der Waals surface area contributed by atoms with Crippen molar-refractivity contribution in [3.05, 3.63) is 52.8 Å². The van der Waals surface area contributed by atoms with Crippen molar-refractivity contribution in [3.8, 4) is 0 Å². The van der Waals surface area contributed by atoms with Gasteiger partial charge in [-0.25, -0.2) is 0 Å². The SMILES string of the molecule is Cc1cc(C)n(Cc2ccc(C(=O)N3CCC(C(=O)O)CC3)cc2)n1. The number of amides is 1. The lowest BCUT2D eigenvalue weighted by Crippen LogP contribution is -2.40. The Bertz CT molecular complexity index is 772. The van der Waals surface area contributed by atoms with Crippen molar-refractivity contribution in [2.45, 2.75) is 33.2 Å². The lowest BCUT2D eigenvalue weighted by molar-refractivity contribution is -0.143. The minimum absolute atomic E-state index is 0.0264. The van der Waals surface area contributed by atoms with Gasteiger partial charge in [-0.15, -0.1) is 0 Å². The predicted octanol–water partition coefficient (Wildman–Crippen LogP) is 2.49. The van der Waals surface area contributed by atoms with Crippen LogP contribution in [0.4, 0.5) is 0 Å². The molecule has 25 heavy (non-hydrogen) atoms. The highest BCUT2D eigenvalue weighted by atomic mass is 16.4. The zero-order valence-electron chi connectivity index (χ0n) is 14.6. The van der Waals surface area contributed by atoms with Crippen LogP contribution in [0.2, 0.25) is 0 Å². The fourth-order valence-corrected chi connectivity index (χ4v) is 3.27. The van der Waals surface area contributed by atoms with Crippen LogP contribution in [0.15, 0.2) is 30.3 Å². The first kappa shape index (κ1) is 17.2. The van der Waals surface area contributed by atoms with Gasteiger partial charge in [-0.3, -0.25) is 14.3 Å². The van der Waals surface area contributed by atoms with E-state index in [4.69, 9.17) is 5.11 Å². The molecular formula is C19H23N3O3. The van der Waals surface area contributed by atoms with E-state index in [2.05, 4.69) is 5.10 Å². The normalized spacial score (nSPS) is 15.4. The van der Waals surface area contributed by atoms with E-state index in [1.165, 1.54) is 0 Å². The van der Waals surface area contributed by atoms with Crippen molar-refractivity contribution in [1.29, 1.82) is 0 Å². The molecular weight excluding hydrogens is 318 g/mol. The number of aryl methyl sites for hydroxylation is 2. The molecule has 3 rings (SSSR count). The van der Waals surface area contributed by atoms with E-state index in [9.17, 15) is 9.59 Å². The lowest BCUT2D eigenvalue weighted by Gasteiger charge is -2.30. The number of hydrogen-bond donors (Lipinski definition) is 1. The van der Waals surface area contributed by atoms with Crippen molar-refractivity contribution in [2.75, 3.05) is 13.1 Å². The number of hydrogen-bond acceptors (Lipinski definition) is 3. The van der Waals surface area contributed by atoms with Gasteiger partial charge in [0, 0.05) is 24.3 Å². The predicted molar refractivity (Wildman–Crippen MR) is 93.5 cm³/mol. The number of carboxylic acids is 1. The van der Waals surface area contributed by atoms with Crippen LogP contribution in [-0.4, -0.2) is 44.8 Å². The van der Waals surface area contributed by atoms with Crippen molar-refractivity contribution in [1.82, 2.24) is 14.7 Å². The largest absolute Gasteiger partial charge is 0.481 e. The Kier molecular flexibility index (Phi) is 4.88. The van der Waals surface area contributed by atoms with Gasteiger partial charge < -0.3 is 10.0 Å². The third-order valence-electron chi connectivity index (χ3n) is 4.77. The van der Waals surface area contributed by atoms with Crippen molar-refractivity contribution < 1.29 is 14.7 Å². The van der Waals surface area contributed by atoms with Gasteiger partial charge in [0.2, 0.25) is 0 Å². The molecule has 1 aromatic heterocycles. The second-order valence-electron chi connectivity index (χ2n) is 6.69. The summed E-state index contributed by atoms with van der Waals surface area (Å²) in [6.07, 6.45) is 1.05. The number of likely N-dealkylation sites (tertiary alicyclic amines) is 1. The summed E-state index contributed by atoms with van der Waals surface area (Å²) in [5, 5.41) is 13.5. The first-order valence-electron chi connectivity index (χ1n) is 8.56. The number of aliphatic carboxylic acids is 1. The van der Waals surface area contributed by atoms with E-state index < -0.39 is 5.97 Å². The maximum absolute atomic E-state index is 12.6. The number of carbonyl (C=O) groups excluding carboxylic acids is 1. The van der Waals surface area contributed by atoms with Gasteiger partial charge in [0.15, 0.2) is 0 Å². The van der Waals surface area contributed by atoms with E-state index >= 15 is 0 Å². The highest BCUT2D eigenvalue weighted by Gasteiger charge is 2.27. The second kappa shape index (κ2) is 7.09. The minimum Gasteiger partial charge on any atom is -0.481 e. The highest BCUT2D eigenvalue weighted by Crippen LogP contribution is 2.19. The number of benzene rings is 1. The average Bonchev–Trinajstić information content (AvgIpc) is 2.92. The first-order valence-corrected chi connectivity index (χ1v) is 8.56. The van der Waals surface area contributed by atoms with Gasteiger partial charge in [-0.2, -0.15) is 5.10 Å². The van der Waals surface area contributed by atoms with Crippen LogP contribution in [0.25, 0.3) is 0 Å². The summed E-state index contributed by atoms with van der Waals surface area (Å²) in [6, 6.07) is 9.62. The molecule has 0 atom stereocenters. The third kappa shape index (κ3) is 3.90. The molecule has 1 amide bonds. The summed E-state index contributed by atoms with van der Waals surface area (Å²) in [6.45, 7) is 5.68. The highest BCUT2D eigenvalue weighted by molar-refractivity contribution is 5.94. The monoisotopic (exact) mass is 341 g/mol. The van der Waals surface area contributed by atoms with Crippen LogP contribution in [0.1, 0.15) is 40.2 Å². The Hall–Kier alpha value is -2.63. The maximum atomic E-state index is 12.6. The fourth-order valence-electron chi connectivity index (χ4n) is 3.27.